The highest BCUT2D eigenvalue weighted by Gasteiger charge is 2.21. The van der Waals surface area contributed by atoms with E-state index in [4.69, 9.17) is 0 Å². The van der Waals surface area contributed by atoms with Crippen LogP contribution in [-0.4, -0.2) is 10.1 Å². The lowest BCUT2D eigenvalue weighted by molar-refractivity contribution is 0.472. The van der Waals surface area contributed by atoms with Crippen molar-refractivity contribution in [2.45, 2.75) is 38.5 Å². The molecule has 1 heterocycles. The van der Waals surface area contributed by atoms with Crippen molar-refractivity contribution < 1.29 is 5.11 Å². The van der Waals surface area contributed by atoms with Crippen molar-refractivity contribution in [3.63, 3.8) is 0 Å². The lowest BCUT2D eigenvalue weighted by Gasteiger charge is -2.26. The molecule has 0 unspecified atom stereocenters. The molecule has 2 atom stereocenters. The number of pyridine rings is 1. The Bertz CT molecular complexity index is 492. The Balaban J connectivity index is 2.31. The fourth-order valence-corrected chi connectivity index (χ4v) is 2.82. The molecule has 2 nitrogen and oxygen atoms in total. The number of hydrogen-bond acceptors (Lipinski definition) is 2. The Kier molecular flexibility index (Phi) is 4.56. The van der Waals surface area contributed by atoms with E-state index in [0.29, 0.717) is 17.6 Å². The molecule has 2 rings (SSSR count). The van der Waals surface area contributed by atoms with E-state index >= 15 is 0 Å². The van der Waals surface area contributed by atoms with Crippen molar-refractivity contribution in [2.75, 3.05) is 0 Å². The van der Waals surface area contributed by atoms with Crippen molar-refractivity contribution in [3.8, 4) is 5.75 Å². The summed E-state index contributed by atoms with van der Waals surface area (Å²) in [4.78, 5) is 4.24. The molecule has 0 fully saturated rings. The fourth-order valence-electron chi connectivity index (χ4n) is 2.82. The number of aromatic hydroxyl groups is 1. The molecule has 0 aliphatic rings. The quantitative estimate of drug-likeness (QED) is 0.854. The Hall–Kier alpha value is -1.83. The molecule has 0 radical (unpaired) electrons. The number of aromatic nitrogens is 1. The minimum absolute atomic E-state index is 0.327. The fraction of sp³-hybridized carbons (Fsp3) is 0.353. The second-order valence-corrected chi connectivity index (χ2v) is 4.91. The van der Waals surface area contributed by atoms with E-state index in [0.717, 1.165) is 12.8 Å². The third-order valence-electron chi connectivity index (χ3n) is 3.80. The highest BCUT2D eigenvalue weighted by atomic mass is 16.3. The van der Waals surface area contributed by atoms with Gasteiger partial charge < -0.3 is 5.11 Å². The molecule has 0 aliphatic heterocycles. The molecule has 2 aromatic rings. The third-order valence-corrected chi connectivity index (χ3v) is 3.80. The number of rotatable bonds is 5. The average molecular weight is 255 g/mol. The van der Waals surface area contributed by atoms with E-state index in [1.807, 2.05) is 30.6 Å². The number of phenols is 1. The zero-order valence-corrected chi connectivity index (χ0v) is 11.6. The first-order valence-corrected chi connectivity index (χ1v) is 6.95. The minimum atomic E-state index is 0.327. The molecule has 2 heteroatoms. The van der Waals surface area contributed by atoms with Crippen LogP contribution < -0.4 is 0 Å². The summed E-state index contributed by atoms with van der Waals surface area (Å²) in [5.41, 5.74) is 2.58. The lowest BCUT2D eigenvalue weighted by atomic mass is 9.79. The first-order valence-electron chi connectivity index (χ1n) is 6.95. The van der Waals surface area contributed by atoms with Crippen molar-refractivity contribution in [1.29, 1.82) is 0 Å². The van der Waals surface area contributed by atoms with Gasteiger partial charge in [0.1, 0.15) is 5.75 Å². The van der Waals surface area contributed by atoms with Gasteiger partial charge in [-0.05, 0) is 54.0 Å². The summed E-state index contributed by atoms with van der Waals surface area (Å²) in [6.07, 6.45) is 5.96. The van der Waals surface area contributed by atoms with Gasteiger partial charge in [-0.15, -0.1) is 0 Å². The molecule has 0 saturated carbocycles. The maximum absolute atomic E-state index is 9.41. The van der Waals surface area contributed by atoms with E-state index in [9.17, 15) is 5.11 Å². The van der Waals surface area contributed by atoms with E-state index in [-0.39, 0.29) is 0 Å². The van der Waals surface area contributed by atoms with Gasteiger partial charge in [-0.25, -0.2) is 0 Å². The maximum atomic E-state index is 9.41. The van der Waals surface area contributed by atoms with E-state index in [1.54, 1.807) is 12.1 Å². The van der Waals surface area contributed by atoms with Crippen molar-refractivity contribution in [2.24, 2.45) is 0 Å². The normalized spacial score (nSPS) is 14.0. The van der Waals surface area contributed by atoms with Crippen LogP contribution in [0.5, 0.6) is 5.75 Å². The summed E-state index contributed by atoms with van der Waals surface area (Å²) >= 11 is 0. The topological polar surface area (TPSA) is 33.1 Å². The first-order chi connectivity index (χ1) is 9.26. The second-order valence-electron chi connectivity index (χ2n) is 4.91. The van der Waals surface area contributed by atoms with E-state index < -0.39 is 0 Å². The van der Waals surface area contributed by atoms with Crippen LogP contribution in [0.2, 0.25) is 0 Å². The largest absolute Gasteiger partial charge is 0.508 e. The van der Waals surface area contributed by atoms with Crippen molar-refractivity contribution in [3.05, 3.63) is 59.9 Å². The number of phenolic OH excluding ortho intramolecular Hbond substituents is 1. The summed E-state index contributed by atoms with van der Waals surface area (Å²) in [6.45, 7) is 4.44. The van der Waals surface area contributed by atoms with E-state index in [1.165, 1.54) is 11.1 Å². The zero-order chi connectivity index (χ0) is 13.7. The highest BCUT2D eigenvalue weighted by molar-refractivity contribution is 5.31. The second kappa shape index (κ2) is 6.37. The summed E-state index contributed by atoms with van der Waals surface area (Å²) in [5, 5.41) is 9.41. The van der Waals surface area contributed by atoms with Crippen LogP contribution in [0.25, 0.3) is 0 Å². The SMILES string of the molecule is CC[C@H](c1ccc(O)cc1)[C@@H](CC)c1cccnc1. The van der Waals surface area contributed by atoms with Crippen LogP contribution in [0, 0.1) is 0 Å². The summed E-state index contributed by atoms with van der Waals surface area (Å²) < 4.78 is 0. The monoisotopic (exact) mass is 255 g/mol. The van der Waals surface area contributed by atoms with Crippen LogP contribution in [0.15, 0.2) is 48.8 Å². The van der Waals surface area contributed by atoms with Gasteiger partial charge in [0, 0.05) is 12.4 Å². The molecular weight excluding hydrogens is 234 g/mol. The number of hydrogen-bond donors (Lipinski definition) is 1. The van der Waals surface area contributed by atoms with Gasteiger partial charge in [-0.1, -0.05) is 32.0 Å². The summed E-state index contributed by atoms with van der Waals surface area (Å²) in [7, 11) is 0. The predicted molar refractivity (Wildman–Crippen MR) is 78.4 cm³/mol. The third kappa shape index (κ3) is 3.14. The number of benzene rings is 1. The average Bonchev–Trinajstić information content (AvgIpc) is 2.47. The minimum Gasteiger partial charge on any atom is -0.508 e. The Morgan fingerprint density at radius 3 is 2.11 bits per heavy atom. The van der Waals surface area contributed by atoms with Crippen LogP contribution >= 0.6 is 0 Å². The molecule has 1 aromatic heterocycles. The molecule has 0 spiro atoms. The Morgan fingerprint density at radius 1 is 0.947 bits per heavy atom. The maximum Gasteiger partial charge on any atom is 0.115 e. The van der Waals surface area contributed by atoms with Crippen LogP contribution in [0.4, 0.5) is 0 Å². The van der Waals surface area contributed by atoms with Gasteiger partial charge in [0.05, 0.1) is 0 Å². The van der Waals surface area contributed by atoms with E-state index in [2.05, 4.69) is 24.9 Å². The molecule has 0 saturated heterocycles. The predicted octanol–water partition coefficient (Wildman–Crippen LogP) is 4.47. The van der Waals surface area contributed by atoms with Crippen LogP contribution in [0.3, 0.4) is 0 Å². The van der Waals surface area contributed by atoms with Gasteiger partial charge in [-0.3, -0.25) is 4.98 Å². The molecular formula is C17H21NO. The number of nitrogens with zero attached hydrogens (tertiary/aromatic N) is 1. The summed E-state index contributed by atoms with van der Waals surface area (Å²) in [6, 6.07) is 11.8. The standard InChI is InChI=1S/C17H21NO/c1-3-16(13-7-9-15(19)10-8-13)17(4-2)14-6-5-11-18-12-14/h5-12,16-17,19H,3-4H2,1-2H3/t16-,17+/m1/s1. The van der Waals surface area contributed by atoms with Crippen molar-refractivity contribution in [1.82, 2.24) is 4.98 Å². The van der Waals surface area contributed by atoms with Gasteiger partial charge in [0.25, 0.3) is 0 Å². The molecule has 0 bridgehead atoms. The van der Waals surface area contributed by atoms with Gasteiger partial charge in [0.15, 0.2) is 0 Å². The van der Waals surface area contributed by atoms with Gasteiger partial charge in [0.2, 0.25) is 0 Å². The molecule has 100 valence electrons. The van der Waals surface area contributed by atoms with Crippen LogP contribution in [0.1, 0.15) is 49.7 Å². The zero-order valence-electron chi connectivity index (χ0n) is 11.6. The molecule has 1 aromatic carbocycles. The Labute approximate surface area is 115 Å². The molecule has 19 heavy (non-hydrogen) atoms. The van der Waals surface area contributed by atoms with Crippen molar-refractivity contribution >= 4 is 0 Å². The Morgan fingerprint density at radius 2 is 1.58 bits per heavy atom. The first kappa shape index (κ1) is 13.6. The highest BCUT2D eigenvalue weighted by Crippen LogP contribution is 2.37. The van der Waals surface area contributed by atoms with Gasteiger partial charge >= 0.3 is 0 Å². The molecule has 1 N–H and O–H groups in total. The lowest BCUT2D eigenvalue weighted by Crippen LogP contribution is -2.10. The van der Waals surface area contributed by atoms with Gasteiger partial charge in [-0.2, -0.15) is 0 Å². The van der Waals surface area contributed by atoms with Crippen LogP contribution in [-0.2, 0) is 0 Å². The molecule has 0 aliphatic carbocycles. The summed E-state index contributed by atoms with van der Waals surface area (Å²) in [5.74, 6) is 1.27. The smallest absolute Gasteiger partial charge is 0.115 e. The molecule has 0 amide bonds.